The quantitative estimate of drug-likeness (QED) is 0.742. The summed E-state index contributed by atoms with van der Waals surface area (Å²) < 4.78 is 5.39. The number of hydrogen-bond donors (Lipinski definition) is 0. The van der Waals surface area contributed by atoms with Gasteiger partial charge in [0.25, 0.3) is 0 Å². The third kappa shape index (κ3) is 5.78. The van der Waals surface area contributed by atoms with Crippen LogP contribution in [0, 0.1) is 0 Å². The Bertz CT molecular complexity index is 361. The molecule has 1 aliphatic heterocycles. The first kappa shape index (κ1) is 16.8. The summed E-state index contributed by atoms with van der Waals surface area (Å²) in [5.41, 5.74) is 0.840. The third-order valence-corrected chi connectivity index (χ3v) is 3.16. The van der Waals surface area contributed by atoms with Crippen LogP contribution < -0.4 is 0 Å². The molecule has 1 saturated heterocycles. The van der Waals surface area contributed by atoms with Gasteiger partial charge in [-0.15, -0.1) is 0 Å². The number of carbonyl (C=O) groups is 1. The SMILES string of the molecule is C=C/C(=C\CC)CN1CCN(C(=O)OC(C)(C)C)CC1. The molecule has 0 N–H and O–H groups in total. The molecule has 4 nitrogen and oxygen atoms in total. The molecule has 20 heavy (non-hydrogen) atoms. The van der Waals surface area contributed by atoms with E-state index in [9.17, 15) is 4.79 Å². The minimum atomic E-state index is -0.423. The Morgan fingerprint density at radius 3 is 2.30 bits per heavy atom. The second kappa shape index (κ2) is 7.48. The second-order valence-electron chi connectivity index (χ2n) is 6.13. The molecule has 1 rings (SSSR count). The first-order valence-electron chi connectivity index (χ1n) is 7.37. The van der Waals surface area contributed by atoms with Crippen molar-refractivity contribution in [3.05, 3.63) is 24.3 Å². The lowest BCUT2D eigenvalue weighted by atomic mass is 10.2. The largest absolute Gasteiger partial charge is 0.444 e. The van der Waals surface area contributed by atoms with Crippen LogP contribution in [0.15, 0.2) is 24.3 Å². The molecule has 114 valence electrons. The van der Waals surface area contributed by atoms with Gasteiger partial charge in [-0.05, 0) is 32.8 Å². The molecule has 0 aromatic carbocycles. The number of carbonyl (C=O) groups excluding carboxylic acids is 1. The molecule has 0 bridgehead atoms. The average molecular weight is 280 g/mol. The van der Waals surface area contributed by atoms with Crippen molar-refractivity contribution in [3.8, 4) is 0 Å². The standard InChI is InChI=1S/C16H28N2O2/c1-6-8-14(7-2)13-17-9-11-18(12-10-17)15(19)20-16(3,4)5/h7-8H,2,6,9-13H2,1,3-5H3/b14-8+. The molecular formula is C16H28N2O2. The van der Waals surface area contributed by atoms with E-state index in [2.05, 4.69) is 24.5 Å². The molecule has 0 spiro atoms. The number of piperazine rings is 1. The van der Waals surface area contributed by atoms with E-state index in [4.69, 9.17) is 4.74 Å². The molecular weight excluding hydrogens is 252 g/mol. The zero-order valence-corrected chi connectivity index (χ0v) is 13.3. The van der Waals surface area contributed by atoms with Crippen LogP contribution in [-0.4, -0.2) is 54.2 Å². The minimum absolute atomic E-state index is 0.204. The highest BCUT2D eigenvalue weighted by Crippen LogP contribution is 2.12. The predicted octanol–water partition coefficient (Wildman–Crippen LogP) is 3.06. The Kier molecular flexibility index (Phi) is 6.27. The lowest BCUT2D eigenvalue weighted by molar-refractivity contribution is 0.0153. The van der Waals surface area contributed by atoms with Gasteiger partial charge in [0.2, 0.25) is 0 Å². The van der Waals surface area contributed by atoms with Crippen molar-refractivity contribution < 1.29 is 9.53 Å². The van der Waals surface area contributed by atoms with E-state index in [-0.39, 0.29) is 6.09 Å². The normalized spacial score (nSPS) is 18.0. The summed E-state index contributed by atoms with van der Waals surface area (Å²) in [6.45, 7) is 15.8. The van der Waals surface area contributed by atoms with Crippen molar-refractivity contribution in [2.45, 2.75) is 39.7 Å². The van der Waals surface area contributed by atoms with Crippen molar-refractivity contribution in [1.82, 2.24) is 9.80 Å². The van der Waals surface area contributed by atoms with E-state index in [1.54, 1.807) is 4.90 Å². The Hall–Kier alpha value is -1.29. The molecule has 1 aliphatic rings. The maximum atomic E-state index is 12.0. The maximum Gasteiger partial charge on any atom is 0.410 e. The van der Waals surface area contributed by atoms with E-state index in [0.29, 0.717) is 0 Å². The highest BCUT2D eigenvalue weighted by Gasteiger charge is 2.25. The number of nitrogens with zero attached hydrogens (tertiary/aromatic N) is 2. The summed E-state index contributed by atoms with van der Waals surface area (Å²) in [5, 5.41) is 0. The zero-order valence-electron chi connectivity index (χ0n) is 13.3. The summed E-state index contributed by atoms with van der Waals surface area (Å²) in [5.74, 6) is 0. The van der Waals surface area contributed by atoms with Gasteiger partial charge in [-0.3, -0.25) is 4.90 Å². The molecule has 0 aromatic heterocycles. The molecule has 0 aliphatic carbocycles. The average Bonchev–Trinajstić information content (AvgIpc) is 2.37. The van der Waals surface area contributed by atoms with Crippen molar-refractivity contribution >= 4 is 6.09 Å². The van der Waals surface area contributed by atoms with Crippen LogP contribution in [0.25, 0.3) is 0 Å². The van der Waals surface area contributed by atoms with Crippen LogP contribution in [0.5, 0.6) is 0 Å². The molecule has 0 aromatic rings. The van der Waals surface area contributed by atoms with E-state index in [1.165, 1.54) is 5.57 Å². The van der Waals surface area contributed by atoms with Crippen molar-refractivity contribution in [2.24, 2.45) is 0 Å². The summed E-state index contributed by atoms with van der Waals surface area (Å²) in [6.07, 6.45) is 4.95. The van der Waals surface area contributed by atoms with E-state index in [0.717, 1.165) is 39.1 Å². The highest BCUT2D eigenvalue weighted by molar-refractivity contribution is 5.68. The summed E-state index contributed by atoms with van der Waals surface area (Å²) in [4.78, 5) is 16.1. The van der Waals surface area contributed by atoms with Gasteiger partial charge >= 0.3 is 6.09 Å². The minimum Gasteiger partial charge on any atom is -0.444 e. The van der Waals surface area contributed by atoms with Gasteiger partial charge in [-0.2, -0.15) is 0 Å². The fraction of sp³-hybridized carbons (Fsp3) is 0.688. The van der Waals surface area contributed by atoms with Gasteiger partial charge in [-0.1, -0.05) is 25.7 Å². The predicted molar refractivity (Wildman–Crippen MR) is 82.8 cm³/mol. The fourth-order valence-corrected chi connectivity index (χ4v) is 2.15. The Balaban J connectivity index is 2.42. The van der Waals surface area contributed by atoms with Gasteiger partial charge in [0.05, 0.1) is 0 Å². The summed E-state index contributed by atoms with van der Waals surface area (Å²) in [6, 6.07) is 0. The van der Waals surface area contributed by atoms with Crippen molar-refractivity contribution in [3.63, 3.8) is 0 Å². The van der Waals surface area contributed by atoms with E-state index < -0.39 is 5.60 Å². The summed E-state index contributed by atoms with van der Waals surface area (Å²) in [7, 11) is 0. The molecule has 1 amide bonds. The number of rotatable bonds is 4. The van der Waals surface area contributed by atoms with Gasteiger partial charge in [0.1, 0.15) is 5.60 Å². The maximum absolute atomic E-state index is 12.0. The second-order valence-corrected chi connectivity index (χ2v) is 6.13. The lowest BCUT2D eigenvalue weighted by Gasteiger charge is -2.35. The molecule has 4 heteroatoms. The Morgan fingerprint density at radius 1 is 1.25 bits per heavy atom. The molecule has 0 saturated carbocycles. The van der Waals surface area contributed by atoms with Crippen LogP contribution in [-0.2, 0) is 4.74 Å². The van der Waals surface area contributed by atoms with E-state index in [1.807, 2.05) is 26.8 Å². The molecule has 0 atom stereocenters. The lowest BCUT2D eigenvalue weighted by Crippen LogP contribution is -2.50. The zero-order chi connectivity index (χ0) is 15.2. The smallest absolute Gasteiger partial charge is 0.410 e. The monoisotopic (exact) mass is 280 g/mol. The van der Waals surface area contributed by atoms with Gasteiger partial charge in [0.15, 0.2) is 0 Å². The van der Waals surface area contributed by atoms with Crippen LogP contribution in [0.4, 0.5) is 4.79 Å². The molecule has 1 heterocycles. The number of hydrogen-bond acceptors (Lipinski definition) is 3. The van der Waals surface area contributed by atoms with Crippen LogP contribution in [0.1, 0.15) is 34.1 Å². The van der Waals surface area contributed by atoms with Crippen LogP contribution >= 0.6 is 0 Å². The van der Waals surface area contributed by atoms with Gasteiger partial charge < -0.3 is 9.64 Å². The number of allylic oxidation sites excluding steroid dienone is 1. The number of ether oxygens (including phenoxy) is 1. The van der Waals surface area contributed by atoms with Crippen LogP contribution in [0.3, 0.4) is 0 Å². The topological polar surface area (TPSA) is 32.8 Å². The summed E-state index contributed by atoms with van der Waals surface area (Å²) >= 11 is 0. The first-order valence-corrected chi connectivity index (χ1v) is 7.37. The van der Waals surface area contributed by atoms with Crippen molar-refractivity contribution in [1.29, 1.82) is 0 Å². The Labute approximate surface area is 123 Å². The molecule has 0 unspecified atom stereocenters. The number of amides is 1. The fourth-order valence-electron chi connectivity index (χ4n) is 2.15. The Morgan fingerprint density at radius 2 is 1.85 bits per heavy atom. The van der Waals surface area contributed by atoms with Crippen LogP contribution in [0.2, 0.25) is 0 Å². The van der Waals surface area contributed by atoms with Gasteiger partial charge in [0, 0.05) is 32.7 Å². The molecule has 0 radical (unpaired) electrons. The van der Waals surface area contributed by atoms with Gasteiger partial charge in [-0.25, -0.2) is 4.79 Å². The highest BCUT2D eigenvalue weighted by atomic mass is 16.6. The molecule has 1 fully saturated rings. The third-order valence-electron chi connectivity index (χ3n) is 3.16. The first-order chi connectivity index (χ1) is 9.35. The van der Waals surface area contributed by atoms with Crippen molar-refractivity contribution in [2.75, 3.05) is 32.7 Å². The van der Waals surface area contributed by atoms with E-state index >= 15 is 0 Å².